The first kappa shape index (κ1) is 17.1. The van der Waals surface area contributed by atoms with Gasteiger partial charge in [-0.05, 0) is 24.6 Å². The van der Waals surface area contributed by atoms with Crippen LogP contribution in [0.3, 0.4) is 0 Å². The van der Waals surface area contributed by atoms with Crippen LogP contribution >= 0.6 is 0 Å². The van der Waals surface area contributed by atoms with E-state index in [1.807, 2.05) is 5.43 Å². The van der Waals surface area contributed by atoms with Crippen molar-refractivity contribution in [1.29, 1.82) is 0 Å². The minimum Gasteiger partial charge on any atom is -0.361 e. The minimum absolute atomic E-state index is 0.101. The molecule has 118 valence electrons. The van der Waals surface area contributed by atoms with Gasteiger partial charge in [-0.1, -0.05) is 12.1 Å². The van der Waals surface area contributed by atoms with Gasteiger partial charge in [-0.2, -0.15) is 18.3 Å². The van der Waals surface area contributed by atoms with Gasteiger partial charge in [-0.3, -0.25) is 14.4 Å². The van der Waals surface area contributed by atoms with Crippen molar-refractivity contribution < 1.29 is 27.6 Å². The number of rotatable bonds is 3. The molecule has 1 aromatic rings. The van der Waals surface area contributed by atoms with Crippen molar-refractivity contribution in [2.24, 2.45) is 10.8 Å². The SMILES string of the molecule is CC(=NNC(=O)C(N)=O)c1cccc(NC(=O)C(F)(F)F)c1. The third kappa shape index (κ3) is 4.89. The second-order valence-corrected chi connectivity index (χ2v) is 4.04. The second kappa shape index (κ2) is 6.70. The Bertz CT molecular complexity index is 641. The van der Waals surface area contributed by atoms with Crippen LogP contribution < -0.4 is 16.5 Å². The first-order chi connectivity index (χ1) is 10.1. The van der Waals surface area contributed by atoms with Gasteiger partial charge in [-0.15, -0.1) is 0 Å². The lowest BCUT2D eigenvalue weighted by Crippen LogP contribution is -2.33. The van der Waals surface area contributed by atoms with E-state index in [2.05, 4.69) is 5.10 Å². The van der Waals surface area contributed by atoms with Crippen LogP contribution in [0.25, 0.3) is 0 Å². The molecule has 0 unspecified atom stereocenters. The molecule has 3 amide bonds. The summed E-state index contributed by atoms with van der Waals surface area (Å²) in [6.45, 7) is 1.44. The van der Waals surface area contributed by atoms with Crippen molar-refractivity contribution in [3.63, 3.8) is 0 Å². The highest BCUT2D eigenvalue weighted by molar-refractivity contribution is 6.34. The molecule has 0 heterocycles. The third-order valence-electron chi connectivity index (χ3n) is 2.34. The van der Waals surface area contributed by atoms with Gasteiger partial charge in [-0.25, -0.2) is 5.43 Å². The van der Waals surface area contributed by atoms with E-state index < -0.39 is 23.9 Å². The zero-order valence-electron chi connectivity index (χ0n) is 11.2. The number of benzene rings is 1. The van der Waals surface area contributed by atoms with Crippen LogP contribution in [0.2, 0.25) is 0 Å². The first-order valence-corrected chi connectivity index (χ1v) is 5.74. The van der Waals surface area contributed by atoms with Gasteiger partial charge in [0.25, 0.3) is 0 Å². The molecule has 0 fully saturated rings. The lowest BCUT2D eigenvalue weighted by molar-refractivity contribution is -0.167. The summed E-state index contributed by atoms with van der Waals surface area (Å²) in [6, 6.07) is 5.34. The van der Waals surface area contributed by atoms with Crippen molar-refractivity contribution >= 4 is 29.1 Å². The molecule has 0 radical (unpaired) electrons. The van der Waals surface area contributed by atoms with Gasteiger partial charge in [0.05, 0.1) is 5.71 Å². The summed E-state index contributed by atoms with van der Waals surface area (Å²) < 4.78 is 36.5. The maximum absolute atomic E-state index is 12.2. The smallest absolute Gasteiger partial charge is 0.361 e. The fourth-order valence-electron chi connectivity index (χ4n) is 1.28. The molecule has 0 aliphatic carbocycles. The first-order valence-electron chi connectivity index (χ1n) is 5.74. The molecular formula is C12H11F3N4O3. The fraction of sp³-hybridized carbons (Fsp3) is 0.167. The number of anilines is 1. The Hall–Kier alpha value is -2.91. The number of hydrogen-bond donors (Lipinski definition) is 3. The Morgan fingerprint density at radius 2 is 1.86 bits per heavy atom. The summed E-state index contributed by atoms with van der Waals surface area (Å²) in [5.74, 6) is -4.48. The van der Waals surface area contributed by atoms with Crippen LogP contribution in [0.5, 0.6) is 0 Å². The van der Waals surface area contributed by atoms with E-state index in [-0.39, 0.29) is 11.4 Å². The average molecular weight is 316 g/mol. The van der Waals surface area contributed by atoms with E-state index in [0.717, 1.165) is 0 Å². The predicted octanol–water partition coefficient (Wildman–Crippen LogP) is 0.513. The number of amides is 3. The Kier molecular flexibility index (Phi) is 5.22. The van der Waals surface area contributed by atoms with Gasteiger partial charge >= 0.3 is 23.9 Å². The van der Waals surface area contributed by atoms with E-state index in [4.69, 9.17) is 5.73 Å². The number of primary amides is 1. The number of nitrogens with one attached hydrogen (secondary N) is 2. The molecule has 0 aromatic heterocycles. The van der Waals surface area contributed by atoms with Crippen LogP contribution in [0, 0.1) is 0 Å². The summed E-state index contributed by atoms with van der Waals surface area (Å²) in [5.41, 5.74) is 6.99. The lowest BCUT2D eigenvalue weighted by atomic mass is 10.1. The molecule has 1 aromatic carbocycles. The maximum atomic E-state index is 12.2. The van der Waals surface area contributed by atoms with Crippen LogP contribution in [-0.2, 0) is 14.4 Å². The lowest BCUT2D eigenvalue weighted by Gasteiger charge is -2.09. The van der Waals surface area contributed by atoms with Crippen molar-refractivity contribution in [3.05, 3.63) is 29.8 Å². The zero-order chi connectivity index (χ0) is 16.9. The summed E-state index contributed by atoms with van der Waals surface area (Å²) in [5, 5.41) is 5.25. The Labute approximate surface area is 122 Å². The average Bonchev–Trinajstić information content (AvgIpc) is 2.43. The number of carbonyl (C=O) groups is 3. The molecule has 0 saturated carbocycles. The summed E-state index contributed by atoms with van der Waals surface area (Å²) in [4.78, 5) is 32.3. The number of halogens is 3. The number of alkyl halides is 3. The minimum atomic E-state index is -5.01. The second-order valence-electron chi connectivity index (χ2n) is 4.04. The number of hydrogen-bond acceptors (Lipinski definition) is 4. The zero-order valence-corrected chi connectivity index (χ0v) is 11.2. The largest absolute Gasteiger partial charge is 0.471 e. The van der Waals surface area contributed by atoms with Gasteiger partial charge in [0.15, 0.2) is 0 Å². The van der Waals surface area contributed by atoms with Crippen molar-refractivity contribution in [3.8, 4) is 0 Å². The van der Waals surface area contributed by atoms with Gasteiger partial charge < -0.3 is 11.1 Å². The molecule has 0 spiro atoms. The van der Waals surface area contributed by atoms with Crippen LogP contribution in [0.1, 0.15) is 12.5 Å². The molecule has 0 aliphatic rings. The van der Waals surface area contributed by atoms with Gasteiger partial charge in [0.1, 0.15) is 0 Å². The van der Waals surface area contributed by atoms with E-state index in [1.165, 1.54) is 31.2 Å². The normalized spacial score (nSPS) is 11.7. The highest BCUT2D eigenvalue weighted by Crippen LogP contribution is 2.19. The quantitative estimate of drug-likeness (QED) is 0.429. The number of nitrogens with two attached hydrogens (primary N) is 1. The molecule has 4 N–H and O–H groups in total. The Balaban J connectivity index is 2.87. The topological polar surface area (TPSA) is 114 Å². The van der Waals surface area contributed by atoms with Crippen molar-refractivity contribution in [2.75, 3.05) is 5.32 Å². The number of carbonyl (C=O) groups excluding carboxylic acids is 3. The summed E-state index contributed by atoms with van der Waals surface area (Å²) >= 11 is 0. The predicted molar refractivity (Wildman–Crippen MR) is 70.7 cm³/mol. The Morgan fingerprint density at radius 3 is 2.41 bits per heavy atom. The molecule has 0 bridgehead atoms. The van der Waals surface area contributed by atoms with E-state index in [1.54, 1.807) is 5.32 Å². The van der Waals surface area contributed by atoms with Gasteiger partial charge in [0, 0.05) is 5.69 Å². The van der Waals surface area contributed by atoms with Crippen molar-refractivity contribution in [1.82, 2.24) is 5.43 Å². The van der Waals surface area contributed by atoms with Gasteiger partial charge in [0.2, 0.25) is 0 Å². The molecule has 10 heteroatoms. The molecule has 0 aliphatic heterocycles. The van der Waals surface area contributed by atoms with E-state index in [9.17, 15) is 27.6 Å². The summed E-state index contributed by atoms with van der Waals surface area (Å²) in [7, 11) is 0. The Morgan fingerprint density at radius 1 is 1.23 bits per heavy atom. The van der Waals surface area contributed by atoms with Crippen LogP contribution in [0.15, 0.2) is 29.4 Å². The molecule has 7 nitrogen and oxygen atoms in total. The van der Waals surface area contributed by atoms with Crippen LogP contribution in [0.4, 0.5) is 18.9 Å². The highest BCUT2D eigenvalue weighted by atomic mass is 19.4. The molecular weight excluding hydrogens is 305 g/mol. The standard InChI is InChI=1S/C12H11F3N4O3/c1-6(18-19-10(21)9(16)20)7-3-2-4-8(5-7)17-11(22)12(13,14)15/h2-5H,1H3,(H2,16,20)(H,17,22)(H,19,21). The maximum Gasteiger partial charge on any atom is 0.471 e. The molecule has 0 saturated heterocycles. The van der Waals surface area contributed by atoms with E-state index >= 15 is 0 Å². The number of nitrogens with zero attached hydrogens (tertiary/aromatic N) is 1. The highest BCUT2D eigenvalue weighted by Gasteiger charge is 2.38. The molecule has 0 atom stereocenters. The molecule has 22 heavy (non-hydrogen) atoms. The number of hydrazone groups is 1. The van der Waals surface area contributed by atoms with E-state index in [0.29, 0.717) is 5.56 Å². The fourth-order valence-corrected chi connectivity index (χ4v) is 1.28. The van der Waals surface area contributed by atoms with Crippen LogP contribution in [-0.4, -0.2) is 29.6 Å². The summed E-state index contributed by atoms with van der Waals surface area (Å²) in [6.07, 6.45) is -5.01. The monoisotopic (exact) mass is 316 g/mol. The molecule has 1 rings (SSSR count). The van der Waals surface area contributed by atoms with Crippen molar-refractivity contribution in [2.45, 2.75) is 13.1 Å². The third-order valence-corrected chi connectivity index (χ3v) is 2.34.